The maximum atomic E-state index is 11.9. The van der Waals surface area contributed by atoms with E-state index in [1.54, 1.807) is 25.1 Å². The van der Waals surface area contributed by atoms with E-state index in [0.29, 0.717) is 31.3 Å². The van der Waals surface area contributed by atoms with Crippen LogP contribution in [0.2, 0.25) is 10.0 Å². The molecule has 1 heterocycles. The molecule has 1 amide bonds. The molecule has 0 fully saturated rings. The molecular formula is C12H10Cl2N4OS. The van der Waals surface area contributed by atoms with Gasteiger partial charge in [-0.2, -0.15) is 5.10 Å². The van der Waals surface area contributed by atoms with Crippen molar-refractivity contribution in [3.05, 3.63) is 44.4 Å². The van der Waals surface area contributed by atoms with Gasteiger partial charge in [0, 0.05) is 5.56 Å². The Morgan fingerprint density at radius 3 is 2.65 bits per heavy atom. The van der Waals surface area contributed by atoms with Crippen molar-refractivity contribution in [2.75, 3.05) is 5.73 Å². The zero-order valence-electron chi connectivity index (χ0n) is 10.4. The normalized spacial score (nSPS) is 10.9. The van der Waals surface area contributed by atoms with Gasteiger partial charge in [-0.15, -0.1) is 0 Å². The Bertz CT molecular complexity index is 664. The third-order valence-corrected chi connectivity index (χ3v) is 4.02. The average molecular weight is 329 g/mol. The molecule has 0 spiro atoms. The summed E-state index contributed by atoms with van der Waals surface area (Å²) in [6.07, 6.45) is 1.39. The van der Waals surface area contributed by atoms with Gasteiger partial charge in [0.25, 0.3) is 5.91 Å². The average Bonchev–Trinajstić information content (AvgIpc) is 2.72. The maximum Gasteiger partial charge on any atom is 0.283 e. The number of hydrogen-bond donors (Lipinski definition) is 2. The third-order valence-electron chi connectivity index (χ3n) is 2.38. The number of nitrogens with two attached hydrogens (primary N) is 1. The van der Waals surface area contributed by atoms with Crippen LogP contribution in [-0.4, -0.2) is 17.1 Å². The fraction of sp³-hybridized carbons (Fsp3) is 0.0833. The predicted octanol–water partition coefficient (Wildman–Crippen LogP) is 3.10. The van der Waals surface area contributed by atoms with E-state index in [-0.39, 0.29) is 5.91 Å². The number of halogens is 2. The number of hydrazone groups is 1. The van der Waals surface area contributed by atoms with E-state index in [0.717, 1.165) is 11.3 Å². The highest BCUT2D eigenvalue weighted by atomic mass is 35.5. The lowest BCUT2D eigenvalue weighted by Crippen LogP contribution is -2.17. The number of nitrogens with one attached hydrogen (secondary N) is 1. The van der Waals surface area contributed by atoms with Crippen LogP contribution in [0.15, 0.2) is 23.3 Å². The number of anilines is 1. The number of carbonyl (C=O) groups excluding carboxylic acids is 1. The van der Waals surface area contributed by atoms with Crippen molar-refractivity contribution in [2.24, 2.45) is 5.10 Å². The minimum atomic E-state index is -0.379. The molecule has 2 aromatic rings. The number of rotatable bonds is 3. The van der Waals surface area contributed by atoms with Crippen molar-refractivity contribution >= 4 is 51.8 Å². The quantitative estimate of drug-likeness (QED) is 0.671. The van der Waals surface area contributed by atoms with E-state index in [4.69, 9.17) is 28.9 Å². The largest absolute Gasteiger partial charge is 0.375 e. The predicted molar refractivity (Wildman–Crippen MR) is 82.8 cm³/mol. The first-order valence-corrected chi connectivity index (χ1v) is 7.06. The molecule has 3 N–H and O–H groups in total. The van der Waals surface area contributed by atoms with Gasteiger partial charge in [-0.1, -0.05) is 40.6 Å². The Kier molecular flexibility index (Phi) is 4.59. The van der Waals surface area contributed by atoms with Gasteiger partial charge in [-0.3, -0.25) is 4.79 Å². The summed E-state index contributed by atoms with van der Waals surface area (Å²) in [7, 11) is 0. The first-order valence-electron chi connectivity index (χ1n) is 5.49. The van der Waals surface area contributed by atoms with Gasteiger partial charge in [0.2, 0.25) is 0 Å². The lowest BCUT2D eigenvalue weighted by atomic mass is 10.2. The highest BCUT2D eigenvalue weighted by molar-refractivity contribution is 7.17. The van der Waals surface area contributed by atoms with Crippen LogP contribution in [0.3, 0.4) is 0 Å². The zero-order chi connectivity index (χ0) is 14.7. The molecule has 0 bridgehead atoms. The van der Waals surface area contributed by atoms with Crippen LogP contribution >= 0.6 is 34.5 Å². The highest BCUT2D eigenvalue weighted by Crippen LogP contribution is 2.22. The SMILES string of the molecule is Cc1nc(N)sc1C(=O)N/N=C\c1c(Cl)cccc1Cl. The summed E-state index contributed by atoms with van der Waals surface area (Å²) in [4.78, 5) is 16.3. The van der Waals surface area contributed by atoms with Crippen LogP contribution in [0, 0.1) is 6.92 Å². The Labute approximate surface area is 129 Å². The number of thiazole rings is 1. The van der Waals surface area contributed by atoms with Crippen LogP contribution in [0.5, 0.6) is 0 Å². The monoisotopic (exact) mass is 328 g/mol. The molecule has 0 aliphatic carbocycles. The molecular weight excluding hydrogens is 319 g/mol. The van der Waals surface area contributed by atoms with Crippen molar-refractivity contribution in [2.45, 2.75) is 6.92 Å². The summed E-state index contributed by atoms with van der Waals surface area (Å²) >= 11 is 13.1. The lowest BCUT2D eigenvalue weighted by molar-refractivity contribution is 0.0958. The van der Waals surface area contributed by atoms with Crippen LogP contribution in [0.4, 0.5) is 5.13 Å². The number of nitrogen functional groups attached to an aromatic ring is 1. The maximum absolute atomic E-state index is 11.9. The fourth-order valence-corrected chi connectivity index (χ4v) is 2.69. The Hall–Kier alpha value is -1.63. The minimum Gasteiger partial charge on any atom is -0.375 e. The molecule has 8 heteroatoms. The number of carbonyl (C=O) groups is 1. The molecule has 5 nitrogen and oxygen atoms in total. The van der Waals surface area contributed by atoms with Gasteiger partial charge in [-0.05, 0) is 19.1 Å². The van der Waals surface area contributed by atoms with Gasteiger partial charge in [0.15, 0.2) is 5.13 Å². The minimum absolute atomic E-state index is 0.339. The van der Waals surface area contributed by atoms with Crippen LogP contribution in [-0.2, 0) is 0 Å². The second-order valence-electron chi connectivity index (χ2n) is 3.80. The second-order valence-corrected chi connectivity index (χ2v) is 5.65. The molecule has 2 rings (SSSR count). The van der Waals surface area contributed by atoms with Gasteiger partial charge in [0.05, 0.1) is 22.0 Å². The van der Waals surface area contributed by atoms with E-state index in [1.165, 1.54) is 6.21 Å². The van der Waals surface area contributed by atoms with Crippen LogP contribution in [0.25, 0.3) is 0 Å². The van der Waals surface area contributed by atoms with E-state index in [2.05, 4.69) is 15.5 Å². The first-order chi connectivity index (χ1) is 9.49. The summed E-state index contributed by atoms with van der Waals surface area (Å²) < 4.78 is 0. The molecule has 0 saturated heterocycles. The Balaban J connectivity index is 2.11. The van der Waals surface area contributed by atoms with E-state index < -0.39 is 0 Å². The Morgan fingerprint density at radius 2 is 2.10 bits per heavy atom. The Morgan fingerprint density at radius 1 is 1.45 bits per heavy atom. The van der Waals surface area contributed by atoms with Gasteiger partial charge in [0.1, 0.15) is 4.88 Å². The van der Waals surface area contributed by atoms with Crippen LogP contribution in [0.1, 0.15) is 20.9 Å². The molecule has 1 aromatic carbocycles. The number of amides is 1. The topological polar surface area (TPSA) is 80.4 Å². The second kappa shape index (κ2) is 6.21. The third kappa shape index (κ3) is 3.27. The summed E-state index contributed by atoms with van der Waals surface area (Å²) in [5, 5.41) is 5.08. The van der Waals surface area contributed by atoms with Gasteiger partial charge in [-0.25, -0.2) is 10.4 Å². The van der Waals surface area contributed by atoms with Crippen LogP contribution < -0.4 is 11.2 Å². The number of hydrogen-bond acceptors (Lipinski definition) is 5. The first kappa shape index (κ1) is 14.8. The molecule has 0 unspecified atom stereocenters. The fourth-order valence-electron chi connectivity index (χ4n) is 1.47. The summed E-state index contributed by atoms with van der Waals surface area (Å²) in [5.41, 5.74) is 9.02. The van der Waals surface area contributed by atoms with Crippen molar-refractivity contribution in [1.29, 1.82) is 0 Å². The number of aromatic nitrogens is 1. The summed E-state index contributed by atoms with van der Waals surface area (Å²) in [6.45, 7) is 1.70. The van der Waals surface area contributed by atoms with E-state index >= 15 is 0 Å². The highest BCUT2D eigenvalue weighted by Gasteiger charge is 2.13. The van der Waals surface area contributed by atoms with Crippen molar-refractivity contribution in [3.8, 4) is 0 Å². The molecule has 0 atom stereocenters. The van der Waals surface area contributed by atoms with Crippen molar-refractivity contribution < 1.29 is 4.79 Å². The van der Waals surface area contributed by atoms with Gasteiger partial charge >= 0.3 is 0 Å². The molecule has 0 saturated carbocycles. The molecule has 104 valence electrons. The number of nitrogens with zero attached hydrogens (tertiary/aromatic N) is 2. The zero-order valence-corrected chi connectivity index (χ0v) is 12.7. The van der Waals surface area contributed by atoms with E-state index in [9.17, 15) is 4.79 Å². The molecule has 0 aliphatic rings. The molecule has 20 heavy (non-hydrogen) atoms. The molecule has 0 aliphatic heterocycles. The number of aryl methyl sites for hydroxylation is 1. The smallest absolute Gasteiger partial charge is 0.283 e. The molecule has 0 radical (unpaired) electrons. The van der Waals surface area contributed by atoms with Crippen molar-refractivity contribution in [1.82, 2.24) is 10.4 Å². The standard InChI is InChI=1S/C12H10Cl2N4OS/c1-6-10(20-12(15)17-6)11(19)18-16-5-7-8(13)3-2-4-9(7)14/h2-5H,1H3,(H2,15,17)(H,18,19)/b16-5-. The van der Waals surface area contributed by atoms with E-state index in [1.807, 2.05) is 0 Å². The molecule has 1 aromatic heterocycles. The lowest BCUT2D eigenvalue weighted by Gasteiger charge is -2.01. The summed E-state index contributed by atoms with van der Waals surface area (Å²) in [5.74, 6) is -0.379. The van der Waals surface area contributed by atoms with Gasteiger partial charge < -0.3 is 5.73 Å². The van der Waals surface area contributed by atoms with Crippen molar-refractivity contribution in [3.63, 3.8) is 0 Å². The number of benzene rings is 1. The summed E-state index contributed by atoms with van der Waals surface area (Å²) in [6, 6.07) is 5.10.